The predicted molar refractivity (Wildman–Crippen MR) is 80.2 cm³/mol. The molecular formula is C15H21NO4S. The Morgan fingerprint density at radius 3 is 2.33 bits per heavy atom. The molecule has 1 heterocycles. The van der Waals surface area contributed by atoms with Gasteiger partial charge in [0.25, 0.3) is 5.91 Å². The van der Waals surface area contributed by atoms with Gasteiger partial charge in [-0.1, -0.05) is 6.07 Å². The molecule has 1 fully saturated rings. The van der Waals surface area contributed by atoms with Crippen LogP contribution in [-0.2, 0) is 14.6 Å². The molecule has 2 rings (SSSR count). The molecule has 1 amide bonds. The second-order valence-electron chi connectivity index (χ2n) is 5.72. The summed E-state index contributed by atoms with van der Waals surface area (Å²) < 4.78 is 28.9. The van der Waals surface area contributed by atoms with Crippen LogP contribution in [0.5, 0.6) is 0 Å². The number of hydrogen-bond donors (Lipinski definition) is 0. The Bertz CT molecular complexity index is 644. The van der Waals surface area contributed by atoms with Crippen LogP contribution in [0.3, 0.4) is 0 Å². The summed E-state index contributed by atoms with van der Waals surface area (Å²) in [5, 5.41) is 0. The fraction of sp³-hybridized carbons (Fsp3) is 0.533. The van der Waals surface area contributed by atoms with Gasteiger partial charge in [0, 0.05) is 24.9 Å². The molecule has 1 aliphatic heterocycles. The lowest BCUT2D eigenvalue weighted by atomic mass is 10.1. The molecule has 116 valence electrons. The Balaban J connectivity index is 2.34. The summed E-state index contributed by atoms with van der Waals surface area (Å²) in [6, 6.07) is 4.68. The molecule has 0 saturated carbocycles. The van der Waals surface area contributed by atoms with Crippen LogP contribution in [0.1, 0.15) is 29.8 Å². The smallest absolute Gasteiger partial charge is 0.254 e. The molecule has 2 unspecified atom stereocenters. The molecule has 1 aromatic rings. The number of amides is 1. The van der Waals surface area contributed by atoms with Crippen LogP contribution in [0.25, 0.3) is 0 Å². The maximum Gasteiger partial charge on any atom is 0.254 e. The number of benzene rings is 1. The summed E-state index contributed by atoms with van der Waals surface area (Å²) in [6.45, 7) is 6.70. The second kappa shape index (κ2) is 5.77. The van der Waals surface area contributed by atoms with Gasteiger partial charge < -0.3 is 9.64 Å². The van der Waals surface area contributed by atoms with Crippen LogP contribution in [-0.4, -0.2) is 50.8 Å². The average molecular weight is 311 g/mol. The van der Waals surface area contributed by atoms with Crippen molar-refractivity contribution < 1.29 is 17.9 Å². The largest absolute Gasteiger partial charge is 0.372 e. The van der Waals surface area contributed by atoms with Crippen molar-refractivity contribution in [2.24, 2.45) is 0 Å². The summed E-state index contributed by atoms with van der Waals surface area (Å²) >= 11 is 0. The number of morpholine rings is 1. The minimum absolute atomic E-state index is 0.0175. The van der Waals surface area contributed by atoms with Gasteiger partial charge in [0.1, 0.15) is 0 Å². The van der Waals surface area contributed by atoms with Crippen molar-refractivity contribution in [2.45, 2.75) is 37.9 Å². The van der Waals surface area contributed by atoms with Gasteiger partial charge in [-0.25, -0.2) is 8.42 Å². The molecule has 5 nitrogen and oxygen atoms in total. The quantitative estimate of drug-likeness (QED) is 0.833. The van der Waals surface area contributed by atoms with E-state index in [-0.39, 0.29) is 23.0 Å². The van der Waals surface area contributed by atoms with Gasteiger partial charge in [-0.15, -0.1) is 0 Å². The van der Waals surface area contributed by atoms with E-state index in [1.807, 2.05) is 20.8 Å². The van der Waals surface area contributed by atoms with E-state index in [2.05, 4.69) is 0 Å². The number of carbonyl (C=O) groups is 1. The Morgan fingerprint density at radius 1 is 1.24 bits per heavy atom. The molecule has 0 N–H and O–H groups in total. The molecule has 1 saturated heterocycles. The number of rotatable bonds is 2. The van der Waals surface area contributed by atoms with Gasteiger partial charge >= 0.3 is 0 Å². The highest BCUT2D eigenvalue weighted by molar-refractivity contribution is 7.90. The third-order valence-corrected chi connectivity index (χ3v) is 4.68. The van der Waals surface area contributed by atoms with E-state index in [0.717, 1.165) is 11.8 Å². The van der Waals surface area contributed by atoms with Crippen molar-refractivity contribution >= 4 is 15.7 Å². The van der Waals surface area contributed by atoms with Crippen molar-refractivity contribution in [3.8, 4) is 0 Å². The van der Waals surface area contributed by atoms with Gasteiger partial charge in [0.05, 0.1) is 17.1 Å². The fourth-order valence-electron chi connectivity index (χ4n) is 2.58. The SMILES string of the molecule is Cc1ccc(S(C)(=O)=O)cc1C(=O)N1CC(C)OC(C)C1. The third-order valence-electron chi connectivity index (χ3n) is 3.57. The van der Waals surface area contributed by atoms with Crippen LogP contribution < -0.4 is 0 Å². The molecule has 1 aromatic carbocycles. The molecule has 0 aromatic heterocycles. The van der Waals surface area contributed by atoms with Gasteiger partial charge in [-0.05, 0) is 38.5 Å². The van der Waals surface area contributed by atoms with Gasteiger partial charge in [0.15, 0.2) is 9.84 Å². The van der Waals surface area contributed by atoms with E-state index in [9.17, 15) is 13.2 Å². The average Bonchev–Trinajstić information content (AvgIpc) is 2.36. The van der Waals surface area contributed by atoms with Gasteiger partial charge in [-0.2, -0.15) is 0 Å². The summed E-state index contributed by atoms with van der Waals surface area (Å²) in [5.74, 6) is -0.139. The maximum absolute atomic E-state index is 12.7. The zero-order valence-corrected chi connectivity index (χ0v) is 13.6. The molecule has 1 aliphatic rings. The van der Waals surface area contributed by atoms with Gasteiger partial charge in [0.2, 0.25) is 0 Å². The topological polar surface area (TPSA) is 63.7 Å². The number of sulfone groups is 1. The molecule has 0 aliphatic carbocycles. The van der Waals surface area contributed by atoms with E-state index in [1.165, 1.54) is 12.1 Å². The zero-order chi connectivity index (χ0) is 15.8. The Hall–Kier alpha value is -1.40. The Morgan fingerprint density at radius 2 is 1.81 bits per heavy atom. The number of hydrogen-bond acceptors (Lipinski definition) is 4. The number of ether oxygens (including phenoxy) is 1. The van der Waals surface area contributed by atoms with Gasteiger partial charge in [-0.3, -0.25) is 4.79 Å². The Kier molecular flexibility index (Phi) is 4.39. The standard InChI is InChI=1S/C15H21NO4S/c1-10-5-6-13(21(4,18)19)7-14(10)15(17)16-8-11(2)20-12(3)9-16/h5-7,11-12H,8-9H2,1-4H3. The lowest BCUT2D eigenvalue weighted by Crippen LogP contribution is -2.48. The lowest BCUT2D eigenvalue weighted by Gasteiger charge is -2.35. The van der Waals surface area contributed by atoms with Crippen LogP contribution in [0.2, 0.25) is 0 Å². The zero-order valence-electron chi connectivity index (χ0n) is 12.8. The third kappa shape index (κ3) is 3.63. The minimum atomic E-state index is -3.32. The molecule has 0 spiro atoms. The van der Waals surface area contributed by atoms with E-state index < -0.39 is 9.84 Å². The molecule has 2 atom stereocenters. The first-order valence-corrected chi connectivity index (χ1v) is 8.83. The Labute approximate surface area is 125 Å². The van der Waals surface area contributed by atoms with E-state index in [4.69, 9.17) is 4.74 Å². The highest BCUT2D eigenvalue weighted by Gasteiger charge is 2.27. The molecular weight excluding hydrogens is 290 g/mol. The summed E-state index contributed by atoms with van der Waals surface area (Å²) in [7, 11) is -3.32. The number of aryl methyl sites for hydroxylation is 1. The molecule has 0 radical (unpaired) electrons. The molecule has 6 heteroatoms. The first-order chi connectivity index (χ1) is 9.68. The van der Waals surface area contributed by atoms with E-state index in [1.54, 1.807) is 11.0 Å². The number of carbonyl (C=O) groups excluding carboxylic acids is 1. The second-order valence-corrected chi connectivity index (χ2v) is 7.73. The van der Waals surface area contributed by atoms with Crippen molar-refractivity contribution in [1.82, 2.24) is 4.90 Å². The number of nitrogens with zero attached hydrogens (tertiary/aromatic N) is 1. The maximum atomic E-state index is 12.7. The monoisotopic (exact) mass is 311 g/mol. The van der Waals surface area contributed by atoms with Crippen LogP contribution in [0.15, 0.2) is 23.1 Å². The van der Waals surface area contributed by atoms with Crippen molar-refractivity contribution in [1.29, 1.82) is 0 Å². The van der Waals surface area contributed by atoms with Crippen molar-refractivity contribution in [2.75, 3.05) is 19.3 Å². The predicted octanol–water partition coefficient (Wildman–Crippen LogP) is 1.65. The lowest BCUT2D eigenvalue weighted by molar-refractivity contribution is -0.0586. The summed E-state index contributed by atoms with van der Waals surface area (Å²) in [5.41, 5.74) is 1.22. The fourth-order valence-corrected chi connectivity index (χ4v) is 3.22. The summed E-state index contributed by atoms with van der Waals surface area (Å²) in [4.78, 5) is 14.6. The summed E-state index contributed by atoms with van der Waals surface area (Å²) in [6.07, 6.45) is 1.11. The molecule has 0 bridgehead atoms. The van der Waals surface area contributed by atoms with E-state index >= 15 is 0 Å². The van der Waals surface area contributed by atoms with Crippen LogP contribution in [0, 0.1) is 6.92 Å². The van der Waals surface area contributed by atoms with Crippen molar-refractivity contribution in [3.05, 3.63) is 29.3 Å². The molecule has 21 heavy (non-hydrogen) atoms. The minimum Gasteiger partial charge on any atom is -0.372 e. The highest BCUT2D eigenvalue weighted by atomic mass is 32.2. The van der Waals surface area contributed by atoms with E-state index in [0.29, 0.717) is 18.7 Å². The van der Waals surface area contributed by atoms with Crippen LogP contribution >= 0.6 is 0 Å². The van der Waals surface area contributed by atoms with Crippen molar-refractivity contribution in [3.63, 3.8) is 0 Å². The normalized spacial score (nSPS) is 23.1. The first-order valence-electron chi connectivity index (χ1n) is 6.94. The highest BCUT2D eigenvalue weighted by Crippen LogP contribution is 2.20. The van der Waals surface area contributed by atoms with Crippen LogP contribution in [0.4, 0.5) is 0 Å². The first kappa shape index (κ1) is 16.0.